The highest BCUT2D eigenvalue weighted by Gasteiger charge is 2.27. The van der Waals surface area contributed by atoms with Crippen LogP contribution in [0.15, 0.2) is 83.3 Å². The van der Waals surface area contributed by atoms with Gasteiger partial charge in [0.15, 0.2) is 4.90 Å². The Bertz CT molecular complexity index is 1490. The molecule has 176 valence electrons. The average Bonchev–Trinajstić information content (AvgIpc) is 2.82. The van der Waals surface area contributed by atoms with E-state index in [4.69, 9.17) is 9.29 Å². The first-order valence-corrected chi connectivity index (χ1v) is 11.1. The van der Waals surface area contributed by atoms with Gasteiger partial charge in [0.1, 0.15) is 17.4 Å². The van der Waals surface area contributed by atoms with Gasteiger partial charge in [0, 0.05) is 11.8 Å². The summed E-state index contributed by atoms with van der Waals surface area (Å²) in [5.74, 6) is -2.11. The van der Waals surface area contributed by atoms with Gasteiger partial charge in [-0.25, -0.2) is 4.79 Å². The molecule has 0 aliphatic rings. The molecule has 0 saturated carbocycles. The maximum Gasteiger partial charge on any atom is 0.346 e. The van der Waals surface area contributed by atoms with Gasteiger partial charge >= 0.3 is 16.1 Å². The summed E-state index contributed by atoms with van der Waals surface area (Å²) in [6.07, 6.45) is 1.19. The number of benzene rings is 3. The minimum Gasteiger partial charge on any atom is -0.478 e. The number of carbonyl (C=O) groups is 2. The highest BCUT2D eigenvalue weighted by molar-refractivity contribution is 7.87. The van der Waals surface area contributed by atoms with E-state index in [9.17, 15) is 33.4 Å². The van der Waals surface area contributed by atoms with Crippen molar-refractivity contribution in [3.05, 3.63) is 99.6 Å². The molecule has 0 atom stereocenters. The average molecular weight is 493 g/mol. The number of rotatable bonds is 8. The molecule has 2 N–H and O–H groups in total. The molecule has 3 aromatic carbocycles. The molecule has 3 aromatic rings. The van der Waals surface area contributed by atoms with Crippen LogP contribution in [0.4, 0.5) is 11.4 Å². The van der Waals surface area contributed by atoms with Crippen molar-refractivity contribution < 1.29 is 32.2 Å². The summed E-state index contributed by atoms with van der Waals surface area (Å²) in [5.41, 5.74) is -0.456. The molecule has 11 nitrogen and oxygen atoms in total. The van der Waals surface area contributed by atoms with Crippen LogP contribution in [0.3, 0.4) is 0 Å². The van der Waals surface area contributed by atoms with Gasteiger partial charge in [-0.15, -0.1) is 0 Å². The summed E-state index contributed by atoms with van der Waals surface area (Å²) in [5, 5.41) is 31.9. The van der Waals surface area contributed by atoms with Crippen molar-refractivity contribution in [3.63, 3.8) is 0 Å². The number of aromatic carboxylic acids is 1. The van der Waals surface area contributed by atoms with Gasteiger partial charge in [0.05, 0.1) is 10.5 Å². The molecule has 0 fully saturated rings. The third-order valence-electron chi connectivity index (χ3n) is 4.46. The summed E-state index contributed by atoms with van der Waals surface area (Å²) in [6, 6.07) is 17.1. The fraction of sp³-hybridized carbons (Fsp3) is 0. The lowest BCUT2D eigenvalue weighted by Crippen LogP contribution is -2.13. The molecule has 0 radical (unpaired) electrons. The Morgan fingerprint density at radius 2 is 1.74 bits per heavy atom. The Morgan fingerprint density at radius 3 is 2.37 bits per heavy atom. The second-order valence-electron chi connectivity index (χ2n) is 6.84. The largest absolute Gasteiger partial charge is 0.478 e. The molecule has 0 aromatic heterocycles. The molecular weight excluding hydrogens is 478 g/mol. The van der Waals surface area contributed by atoms with Gasteiger partial charge in [-0.05, 0) is 54.1 Å². The number of nitro benzene ring substituents is 1. The Hall–Kier alpha value is -5.02. The lowest BCUT2D eigenvalue weighted by atomic mass is 10.1. The molecule has 0 unspecified atom stereocenters. The zero-order valence-corrected chi connectivity index (χ0v) is 18.4. The van der Waals surface area contributed by atoms with Gasteiger partial charge in [-0.2, -0.15) is 13.7 Å². The van der Waals surface area contributed by atoms with Crippen LogP contribution in [-0.2, 0) is 14.9 Å². The Labute approximate surface area is 198 Å². The minimum atomic E-state index is -4.55. The van der Waals surface area contributed by atoms with Crippen LogP contribution >= 0.6 is 0 Å². The maximum atomic E-state index is 12.6. The second-order valence-corrected chi connectivity index (χ2v) is 8.36. The van der Waals surface area contributed by atoms with Crippen LogP contribution in [0.2, 0.25) is 0 Å². The summed E-state index contributed by atoms with van der Waals surface area (Å²) in [6.45, 7) is 0. The predicted molar refractivity (Wildman–Crippen MR) is 123 cm³/mol. The minimum absolute atomic E-state index is 0.0200. The number of carbonyl (C=O) groups excluding carboxylic acids is 1. The number of nitrogens with one attached hydrogen (secondary N) is 1. The Morgan fingerprint density at radius 1 is 1.06 bits per heavy atom. The van der Waals surface area contributed by atoms with Crippen LogP contribution in [0.5, 0.6) is 5.75 Å². The lowest BCUT2D eigenvalue weighted by Gasteiger charge is -2.08. The van der Waals surface area contributed by atoms with Crippen molar-refractivity contribution in [1.29, 1.82) is 5.26 Å². The van der Waals surface area contributed by atoms with Crippen molar-refractivity contribution in [2.75, 3.05) is 5.32 Å². The summed E-state index contributed by atoms with van der Waals surface area (Å²) in [7, 11) is -4.55. The lowest BCUT2D eigenvalue weighted by molar-refractivity contribution is -0.387. The van der Waals surface area contributed by atoms with Crippen molar-refractivity contribution in [2.45, 2.75) is 4.90 Å². The number of hydrogen-bond acceptors (Lipinski definition) is 8. The van der Waals surface area contributed by atoms with Gasteiger partial charge in [0.25, 0.3) is 11.6 Å². The molecule has 1 amide bonds. The third kappa shape index (κ3) is 6.06. The van der Waals surface area contributed by atoms with Crippen LogP contribution < -0.4 is 9.50 Å². The number of amides is 1. The van der Waals surface area contributed by atoms with Crippen LogP contribution in [0.25, 0.3) is 6.08 Å². The number of nitrogens with zero attached hydrogens (tertiary/aromatic N) is 2. The van der Waals surface area contributed by atoms with E-state index < -0.39 is 37.5 Å². The molecule has 12 heteroatoms. The highest BCUT2D eigenvalue weighted by Crippen LogP contribution is 2.27. The van der Waals surface area contributed by atoms with E-state index in [2.05, 4.69) is 5.32 Å². The normalized spacial score (nSPS) is 11.2. The van der Waals surface area contributed by atoms with Crippen LogP contribution in [-0.4, -0.2) is 30.3 Å². The molecule has 0 bridgehead atoms. The van der Waals surface area contributed by atoms with E-state index in [1.807, 2.05) is 0 Å². The number of carboxylic acids is 1. The monoisotopic (exact) mass is 493 g/mol. The standard InChI is InChI=1S/C23H15N3O8S/c24-14-17(22(27)25-18-10-8-16(9-11-18)23(28)29)12-15-4-3-5-19(13-15)34-35(32,33)21-7-2-1-6-20(21)26(30)31/h1-13H,(H,25,27)(H,28,29)/b17-12+. The number of nitro groups is 1. The van der Waals surface area contributed by atoms with Crippen molar-refractivity contribution >= 4 is 39.4 Å². The quantitative estimate of drug-likeness (QED) is 0.156. The summed E-state index contributed by atoms with van der Waals surface area (Å²) in [4.78, 5) is 33.1. The van der Waals surface area contributed by atoms with E-state index in [1.54, 1.807) is 6.07 Å². The summed E-state index contributed by atoms with van der Waals surface area (Å²) >= 11 is 0. The zero-order valence-electron chi connectivity index (χ0n) is 17.6. The van der Waals surface area contributed by atoms with Crippen molar-refractivity contribution in [3.8, 4) is 11.8 Å². The molecule has 35 heavy (non-hydrogen) atoms. The van der Waals surface area contributed by atoms with Gasteiger partial charge in [-0.1, -0.05) is 24.3 Å². The first-order chi connectivity index (χ1) is 16.6. The molecular formula is C23H15N3O8S. The van der Waals surface area contributed by atoms with E-state index in [1.165, 1.54) is 66.7 Å². The van der Waals surface area contributed by atoms with Crippen LogP contribution in [0, 0.1) is 21.4 Å². The first kappa shape index (κ1) is 24.6. The maximum absolute atomic E-state index is 12.6. The fourth-order valence-corrected chi connectivity index (χ4v) is 3.95. The Kier molecular flexibility index (Phi) is 7.23. The van der Waals surface area contributed by atoms with Crippen LogP contribution in [0.1, 0.15) is 15.9 Å². The fourth-order valence-electron chi connectivity index (χ4n) is 2.86. The first-order valence-electron chi connectivity index (χ1n) is 9.65. The molecule has 3 rings (SSSR count). The number of carboxylic acid groups (broad SMARTS) is 1. The molecule has 0 saturated heterocycles. The number of para-hydroxylation sites is 1. The number of nitriles is 1. The van der Waals surface area contributed by atoms with E-state index in [0.29, 0.717) is 0 Å². The topological polar surface area (TPSA) is 177 Å². The zero-order chi connectivity index (χ0) is 25.6. The Balaban J connectivity index is 1.82. The van der Waals surface area contributed by atoms with Gasteiger partial charge < -0.3 is 14.6 Å². The summed E-state index contributed by atoms with van der Waals surface area (Å²) < 4.78 is 30.2. The number of anilines is 1. The molecule has 0 heterocycles. The second kappa shape index (κ2) is 10.3. The SMILES string of the molecule is N#C/C(=C\c1cccc(OS(=O)(=O)c2ccccc2[N+](=O)[O-])c1)C(=O)Nc1ccc(C(=O)O)cc1. The van der Waals surface area contributed by atoms with E-state index in [-0.39, 0.29) is 28.1 Å². The molecule has 0 aliphatic heterocycles. The molecule has 0 aliphatic carbocycles. The van der Waals surface area contributed by atoms with E-state index in [0.717, 1.165) is 12.1 Å². The van der Waals surface area contributed by atoms with Crippen molar-refractivity contribution in [1.82, 2.24) is 0 Å². The van der Waals surface area contributed by atoms with Gasteiger partial charge in [0.2, 0.25) is 0 Å². The van der Waals surface area contributed by atoms with Crippen molar-refractivity contribution in [2.24, 2.45) is 0 Å². The number of hydrogen-bond donors (Lipinski definition) is 2. The molecule has 0 spiro atoms. The van der Waals surface area contributed by atoms with E-state index >= 15 is 0 Å². The smallest absolute Gasteiger partial charge is 0.346 e. The predicted octanol–water partition coefficient (Wildman–Crippen LogP) is 3.61. The highest BCUT2D eigenvalue weighted by atomic mass is 32.2. The van der Waals surface area contributed by atoms with Gasteiger partial charge in [-0.3, -0.25) is 14.9 Å². The third-order valence-corrected chi connectivity index (χ3v) is 5.76.